The molecule has 0 aliphatic rings. The summed E-state index contributed by atoms with van der Waals surface area (Å²) < 4.78 is 30.0. The van der Waals surface area contributed by atoms with Crippen molar-refractivity contribution in [1.82, 2.24) is 4.83 Å². The molecule has 0 aliphatic heterocycles. The molecular formula is C16H16ClN3O5S. The van der Waals surface area contributed by atoms with E-state index in [4.69, 9.17) is 16.3 Å². The van der Waals surface area contributed by atoms with Crippen molar-refractivity contribution in [3.63, 3.8) is 0 Å². The molecular weight excluding hydrogens is 382 g/mol. The molecule has 0 saturated heterocycles. The molecule has 0 fully saturated rings. The molecule has 0 saturated carbocycles. The molecule has 0 radical (unpaired) electrons. The molecule has 10 heteroatoms. The van der Waals surface area contributed by atoms with Gasteiger partial charge in [-0.1, -0.05) is 17.7 Å². The smallest absolute Gasteiger partial charge is 0.276 e. The lowest BCUT2D eigenvalue weighted by Crippen LogP contribution is -2.20. The first-order valence-electron chi connectivity index (χ1n) is 7.30. The maximum Gasteiger partial charge on any atom is 0.276 e. The number of methoxy groups -OCH3 is 1. The van der Waals surface area contributed by atoms with E-state index in [9.17, 15) is 18.5 Å². The quantitative estimate of drug-likeness (QED) is 0.456. The van der Waals surface area contributed by atoms with Crippen LogP contribution in [0.4, 0.5) is 5.69 Å². The summed E-state index contributed by atoms with van der Waals surface area (Å²) in [6, 6.07) is 8.48. The Labute approximate surface area is 155 Å². The Balaban J connectivity index is 2.36. The monoisotopic (exact) mass is 397 g/mol. The largest absolute Gasteiger partial charge is 0.496 e. The highest BCUT2D eigenvalue weighted by Gasteiger charge is 2.19. The van der Waals surface area contributed by atoms with E-state index in [1.54, 1.807) is 25.1 Å². The number of nitro benzene ring substituents is 1. The minimum absolute atomic E-state index is 0.260. The molecule has 0 aliphatic carbocycles. The molecule has 0 bridgehead atoms. The third kappa shape index (κ3) is 4.30. The molecule has 2 rings (SSSR count). The van der Waals surface area contributed by atoms with Gasteiger partial charge in [0.1, 0.15) is 5.75 Å². The number of aryl methyl sites for hydroxylation is 1. The van der Waals surface area contributed by atoms with Gasteiger partial charge in [-0.05, 0) is 38.1 Å². The lowest BCUT2D eigenvalue weighted by molar-refractivity contribution is -0.385. The average molecular weight is 398 g/mol. The van der Waals surface area contributed by atoms with Crippen LogP contribution in [0, 0.1) is 17.0 Å². The number of rotatable bonds is 6. The fourth-order valence-corrected chi connectivity index (χ4v) is 3.21. The highest BCUT2D eigenvalue weighted by Crippen LogP contribution is 2.24. The van der Waals surface area contributed by atoms with Crippen LogP contribution in [0.1, 0.15) is 18.1 Å². The minimum Gasteiger partial charge on any atom is -0.496 e. The van der Waals surface area contributed by atoms with E-state index in [0.717, 1.165) is 6.07 Å². The van der Waals surface area contributed by atoms with E-state index in [1.807, 2.05) is 0 Å². The van der Waals surface area contributed by atoms with E-state index in [2.05, 4.69) is 9.93 Å². The number of nitrogens with one attached hydrogen (secondary N) is 1. The Hall–Kier alpha value is -2.65. The second-order valence-electron chi connectivity index (χ2n) is 5.34. The molecule has 26 heavy (non-hydrogen) atoms. The SMILES string of the molecule is COc1ccc(Cl)cc1/C(C)=N\NS(=O)(=O)c1ccc(C)c([N+](=O)[O-])c1. The van der Waals surface area contributed by atoms with E-state index < -0.39 is 14.9 Å². The van der Waals surface area contributed by atoms with Gasteiger partial charge in [0.25, 0.3) is 15.7 Å². The molecule has 8 nitrogen and oxygen atoms in total. The predicted molar refractivity (Wildman–Crippen MR) is 98.4 cm³/mol. The Morgan fingerprint density at radius 3 is 2.58 bits per heavy atom. The summed E-state index contributed by atoms with van der Waals surface area (Å²) >= 11 is 5.95. The van der Waals surface area contributed by atoms with Gasteiger partial charge in [-0.3, -0.25) is 10.1 Å². The van der Waals surface area contributed by atoms with Gasteiger partial charge in [-0.15, -0.1) is 0 Å². The third-order valence-electron chi connectivity index (χ3n) is 3.57. The number of nitro groups is 1. The number of hydrazone groups is 1. The second-order valence-corrected chi connectivity index (χ2v) is 7.44. The number of sulfonamides is 1. The van der Waals surface area contributed by atoms with Gasteiger partial charge >= 0.3 is 0 Å². The first-order valence-corrected chi connectivity index (χ1v) is 9.17. The van der Waals surface area contributed by atoms with Crippen molar-refractivity contribution in [2.75, 3.05) is 7.11 Å². The molecule has 0 atom stereocenters. The van der Waals surface area contributed by atoms with Gasteiger partial charge in [-0.2, -0.15) is 18.4 Å². The summed E-state index contributed by atoms with van der Waals surface area (Å²) in [6.45, 7) is 3.10. The Kier molecular flexibility index (Phi) is 5.83. The van der Waals surface area contributed by atoms with E-state index >= 15 is 0 Å². The maximum absolute atomic E-state index is 12.4. The predicted octanol–water partition coefficient (Wildman–Crippen LogP) is 3.27. The van der Waals surface area contributed by atoms with Gasteiger partial charge in [0.2, 0.25) is 0 Å². The number of hydrogen-bond donors (Lipinski definition) is 1. The number of halogens is 1. The third-order valence-corrected chi connectivity index (χ3v) is 5.01. The van der Waals surface area contributed by atoms with Crippen LogP contribution in [0.5, 0.6) is 5.75 Å². The first-order chi connectivity index (χ1) is 12.2. The molecule has 1 N–H and O–H groups in total. The van der Waals surface area contributed by atoms with Gasteiger partial charge in [0, 0.05) is 22.2 Å². The number of hydrogen-bond acceptors (Lipinski definition) is 6. The van der Waals surface area contributed by atoms with Crippen LogP contribution < -0.4 is 9.57 Å². The zero-order valence-corrected chi connectivity index (χ0v) is 15.8. The Morgan fingerprint density at radius 2 is 1.96 bits per heavy atom. The number of ether oxygens (including phenoxy) is 1. The van der Waals surface area contributed by atoms with Crippen molar-refractivity contribution in [2.45, 2.75) is 18.7 Å². The molecule has 0 amide bonds. The van der Waals surface area contributed by atoms with Crippen LogP contribution in [-0.2, 0) is 10.0 Å². The molecule has 0 spiro atoms. The van der Waals surface area contributed by atoms with Crippen LogP contribution in [0.3, 0.4) is 0 Å². The average Bonchev–Trinajstić information content (AvgIpc) is 2.59. The van der Waals surface area contributed by atoms with Crippen molar-refractivity contribution in [1.29, 1.82) is 0 Å². The van der Waals surface area contributed by atoms with Crippen LogP contribution in [0.25, 0.3) is 0 Å². The maximum atomic E-state index is 12.4. The van der Waals surface area contributed by atoms with Crippen LogP contribution in [-0.4, -0.2) is 26.2 Å². The van der Waals surface area contributed by atoms with E-state index in [0.29, 0.717) is 27.6 Å². The lowest BCUT2D eigenvalue weighted by Gasteiger charge is -2.10. The molecule has 0 unspecified atom stereocenters. The zero-order chi connectivity index (χ0) is 19.5. The highest BCUT2D eigenvalue weighted by atomic mass is 35.5. The highest BCUT2D eigenvalue weighted by molar-refractivity contribution is 7.89. The summed E-state index contributed by atoms with van der Waals surface area (Å²) in [5.74, 6) is 0.473. The number of nitrogens with zero attached hydrogens (tertiary/aromatic N) is 2. The van der Waals surface area contributed by atoms with Crippen molar-refractivity contribution < 1.29 is 18.1 Å². The summed E-state index contributed by atoms with van der Waals surface area (Å²) in [7, 11) is -2.61. The number of benzene rings is 2. The summed E-state index contributed by atoms with van der Waals surface area (Å²) in [6.07, 6.45) is 0. The van der Waals surface area contributed by atoms with Crippen molar-refractivity contribution in [2.24, 2.45) is 5.10 Å². The first kappa shape index (κ1) is 19.7. The van der Waals surface area contributed by atoms with Gasteiger partial charge in [0.15, 0.2) is 0 Å². The molecule has 0 aromatic heterocycles. The van der Waals surface area contributed by atoms with Gasteiger partial charge < -0.3 is 4.74 Å². The van der Waals surface area contributed by atoms with Crippen LogP contribution in [0.2, 0.25) is 5.02 Å². The normalized spacial score (nSPS) is 11.9. The topological polar surface area (TPSA) is 111 Å². The fourth-order valence-electron chi connectivity index (χ4n) is 2.16. The summed E-state index contributed by atoms with van der Waals surface area (Å²) in [5.41, 5.74) is 0.898. The lowest BCUT2D eigenvalue weighted by atomic mass is 10.1. The van der Waals surface area contributed by atoms with Crippen LogP contribution >= 0.6 is 11.6 Å². The molecule has 0 heterocycles. The fraction of sp³-hybridized carbons (Fsp3) is 0.188. The van der Waals surface area contributed by atoms with Crippen molar-refractivity contribution in [3.8, 4) is 5.75 Å². The van der Waals surface area contributed by atoms with Crippen molar-refractivity contribution in [3.05, 3.63) is 62.7 Å². The molecule has 2 aromatic carbocycles. The standard InChI is InChI=1S/C16H16ClN3O5S/c1-10-4-6-13(9-15(10)20(21)22)26(23,24)19-18-11(2)14-8-12(17)5-7-16(14)25-3/h4-9,19H,1-3H3/b18-11-. The van der Waals surface area contributed by atoms with Gasteiger partial charge in [-0.25, -0.2) is 0 Å². The van der Waals surface area contributed by atoms with Gasteiger partial charge in [0.05, 0.1) is 22.6 Å². The van der Waals surface area contributed by atoms with Crippen molar-refractivity contribution >= 4 is 33.0 Å². The molecule has 2 aromatic rings. The van der Waals surface area contributed by atoms with E-state index in [1.165, 1.54) is 26.2 Å². The van der Waals surface area contributed by atoms with E-state index in [-0.39, 0.29) is 10.6 Å². The summed E-state index contributed by atoms with van der Waals surface area (Å²) in [4.78, 5) is 12.2. The zero-order valence-electron chi connectivity index (χ0n) is 14.2. The second kappa shape index (κ2) is 7.71. The Bertz CT molecular complexity index is 989. The minimum atomic E-state index is -4.08. The van der Waals surface area contributed by atoms with Crippen LogP contribution in [0.15, 0.2) is 46.4 Å². The molecule has 138 valence electrons. The summed E-state index contributed by atoms with van der Waals surface area (Å²) in [5, 5.41) is 15.3. The Morgan fingerprint density at radius 1 is 1.27 bits per heavy atom.